The van der Waals surface area contributed by atoms with E-state index in [-0.39, 0.29) is 11.9 Å². The summed E-state index contributed by atoms with van der Waals surface area (Å²) in [6.07, 6.45) is 71.3. The van der Waals surface area contributed by atoms with E-state index < -0.39 is 0 Å². The van der Waals surface area contributed by atoms with Gasteiger partial charge in [0.25, 0.3) is 0 Å². The van der Waals surface area contributed by atoms with Crippen molar-refractivity contribution >= 4 is 11.9 Å². The first kappa shape index (κ1) is 77.8. The Balaban J connectivity index is 2.73. The van der Waals surface area contributed by atoms with E-state index >= 15 is 0 Å². The molecule has 0 N–H and O–H groups in total. The highest BCUT2D eigenvalue weighted by Gasteiger charge is 2.20. The smallest absolute Gasteiger partial charge is 0.305 e. The molecule has 0 aromatic carbocycles. The molecule has 1 fully saturated rings. The molecule has 0 aromatic rings. The van der Waals surface area contributed by atoms with Crippen LogP contribution in [0.5, 0.6) is 0 Å². The summed E-state index contributed by atoms with van der Waals surface area (Å²) in [5.74, 6) is 0.748. The molecule has 8 heteroatoms. The number of methoxy groups -OCH3 is 2. The Hall–Kier alpha value is -1.22. The van der Waals surface area contributed by atoms with Gasteiger partial charge in [-0.05, 0) is 70.6 Å². The third kappa shape index (κ3) is 55.1. The number of carbonyl (C=O) groups is 2. The van der Waals surface area contributed by atoms with E-state index in [4.69, 9.17) is 9.47 Å². The molecular weight excluding hydrogens is 997 g/mol. The van der Waals surface area contributed by atoms with Gasteiger partial charge in [0.05, 0.1) is 14.2 Å². The Labute approximate surface area is 508 Å². The van der Waals surface area contributed by atoms with Crippen molar-refractivity contribution in [1.29, 1.82) is 0 Å². The third-order valence-electron chi connectivity index (χ3n) is 18.7. The lowest BCUT2D eigenvalue weighted by Gasteiger charge is -2.36. The van der Waals surface area contributed by atoms with Crippen LogP contribution < -0.4 is 0 Å². The summed E-state index contributed by atoms with van der Waals surface area (Å²) < 4.78 is 9.60. The predicted molar refractivity (Wildman–Crippen MR) is 355 cm³/mol. The molecular formula is C73H146N4O4. The van der Waals surface area contributed by atoms with Crippen molar-refractivity contribution in [2.24, 2.45) is 5.92 Å². The molecule has 0 spiro atoms. The summed E-state index contributed by atoms with van der Waals surface area (Å²) in [6.45, 7) is 22.2. The zero-order chi connectivity index (χ0) is 58.4. The van der Waals surface area contributed by atoms with Crippen molar-refractivity contribution < 1.29 is 19.1 Å². The van der Waals surface area contributed by atoms with Crippen LogP contribution in [0.15, 0.2) is 0 Å². The summed E-state index contributed by atoms with van der Waals surface area (Å²) in [5.41, 5.74) is 0. The monoisotopic (exact) mass is 1140 g/mol. The van der Waals surface area contributed by atoms with E-state index in [1.54, 1.807) is 0 Å². The first-order valence-corrected chi connectivity index (χ1v) is 37.0. The molecule has 1 aliphatic rings. The highest BCUT2D eigenvalue weighted by molar-refractivity contribution is 5.69. The van der Waals surface area contributed by atoms with E-state index in [9.17, 15) is 9.59 Å². The number of unbranched alkanes of at least 4 members (excludes halogenated alkanes) is 43. The molecule has 0 atom stereocenters. The van der Waals surface area contributed by atoms with Gasteiger partial charge in [-0.25, -0.2) is 0 Å². The highest BCUT2D eigenvalue weighted by atomic mass is 16.5. The molecule has 1 heterocycles. The van der Waals surface area contributed by atoms with Crippen molar-refractivity contribution in [3.63, 3.8) is 0 Å². The van der Waals surface area contributed by atoms with Gasteiger partial charge in [-0.3, -0.25) is 14.5 Å². The average Bonchev–Trinajstić information content (AvgIpc) is 3.49. The molecule has 0 bridgehead atoms. The van der Waals surface area contributed by atoms with Crippen LogP contribution >= 0.6 is 0 Å². The van der Waals surface area contributed by atoms with Crippen LogP contribution in [0.25, 0.3) is 0 Å². The van der Waals surface area contributed by atoms with E-state index in [2.05, 4.69) is 40.4 Å². The Kier molecular flexibility index (Phi) is 60.8. The number of rotatable bonds is 66. The molecule has 482 valence electrons. The second-order valence-corrected chi connectivity index (χ2v) is 26.2. The van der Waals surface area contributed by atoms with Crippen molar-refractivity contribution in [2.45, 2.75) is 361 Å². The third-order valence-corrected chi connectivity index (χ3v) is 18.7. The molecule has 0 amide bonds. The molecule has 0 radical (unpaired) electrons. The van der Waals surface area contributed by atoms with Crippen molar-refractivity contribution in [2.75, 3.05) is 92.8 Å². The Bertz CT molecular complexity index is 1200. The van der Waals surface area contributed by atoms with Gasteiger partial charge in [0.1, 0.15) is 0 Å². The number of piperazine rings is 1. The topological polar surface area (TPSA) is 65.6 Å². The normalized spacial score (nSPS) is 13.4. The molecule has 0 aromatic heterocycles. The number of hydrogen-bond acceptors (Lipinski definition) is 8. The minimum absolute atomic E-state index is 0.0641. The lowest BCUT2D eigenvalue weighted by Crippen LogP contribution is -2.49. The van der Waals surface area contributed by atoms with E-state index in [1.165, 1.54) is 395 Å². The van der Waals surface area contributed by atoms with E-state index in [0.29, 0.717) is 12.8 Å². The molecule has 8 nitrogen and oxygen atoms in total. The zero-order valence-electron chi connectivity index (χ0n) is 56.0. The van der Waals surface area contributed by atoms with Crippen LogP contribution in [0.3, 0.4) is 0 Å². The fourth-order valence-electron chi connectivity index (χ4n) is 12.8. The van der Waals surface area contributed by atoms with Crippen LogP contribution in [0, 0.1) is 5.92 Å². The highest BCUT2D eigenvalue weighted by Crippen LogP contribution is 2.24. The van der Waals surface area contributed by atoms with Gasteiger partial charge in [0, 0.05) is 65.2 Å². The summed E-state index contributed by atoms with van der Waals surface area (Å²) in [7, 11) is 2.99. The molecule has 0 saturated carbocycles. The number of hydrogen-bond donors (Lipinski definition) is 0. The van der Waals surface area contributed by atoms with Gasteiger partial charge in [-0.2, -0.15) is 0 Å². The largest absolute Gasteiger partial charge is 0.469 e. The van der Waals surface area contributed by atoms with Crippen LogP contribution in [0.4, 0.5) is 0 Å². The standard InChI is InChI=1S/C73H146N4O4/c1-6-9-12-15-18-21-30-37-44-51-59-74(60-52-45-38-31-22-19-16-13-10-7-2)63-64-75(61-53-46-39-32-23-20-17-14-11-8-3)65-68-77-69-66-76(67-70-77)62-58-71(54-47-40-33-26-24-28-35-42-49-56-72(78)80-4)55-48-41-34-27-25-29-36-43-50-57-73(79)81-5/h71H,6-70H2,1-5H3. The van der Waals surface area contributed by atoms with Gasteiger partial charge in [-0.15, -0.1) is 0 Å². The fourth-order valence-corrected chi connectivity index (χ4v) is 12.8. The van der Waals surface area contributed by atoms with Crippen LogP contribution in [0.2, 0.25) is 0 Å². The molecule has 0 unspecified atom stereocenters. The lowest BCUT2D eigenvalue weighted by molar-refractivity contribution is -0.141. The van der Waals surface area contributed by atoms with Crippen LogP contribution in [-0.4, -0.2) is 124 Å². The zero-order valence-corrected chi connectivity index (χ0v) is 56.0. The Morgan fingerprint density at radius 3 is 0.840 bits per heavy atom. The first-order chi connectivity index (χ1) is 39.9. The van der Waals surface area contributed by atoms with Gasteiger partial charge in [0.2, 0.25) is 0 Å². The van der Waals surface area contributed by atoms with E-state index in [0.717, 1.165) is 31.6 Å². The summed E-state index contributed by atoms with van der Waals surface area (Å²) in [5, 5.41) is 0. The van der Waals surface area contributed by atoms with Crippen molar-refractivity contribution in [3.05, 3.63) is 0 Å². The maximum Gasteiger partial charge on any atom is 0.305 e. The van der Waals surface area contributed by atoms with E-state index in [1.807, 2.05) is 0 Å². The Morgan fingerprint density at radius 2 is 0.543 bits per heavy atom. The molecule has 81 heavy (non-hydrogen) atoms. The van der Waals surface area contributed by atoms with Gasteiger partial charge >= 0.3 is 11.9 Å². The number of ether oxygens (including phenoxy) is 2. The predicted octanol–water partition coefficient (Wildman–Crippen LogP) is 20.9. The minimum atomic E-state index is -0.0641. The second-order valence-electron chi connectivity index (χ2n) is 26.2. The van der Waals surface area contributed by atoms with Crippen LogP contribution in [0.1, 0.15) is 361 Å². The molecule has 1 aliphatic heterocycles. The SMILES string of the molecule is CCCCCCCCCCCCN(CCCCCCCCCCCC)CCN(CCCCCCCCCCCC)CCN1CCN(CCC(CCCCCCCCCCCC(=O)OC)CCCCCCCCCCCC(=O)OC)CC1. The first-order valence-electron chi connectivity index (χ1n) is 37.0. The Morgan fingerprint density at radius 1 is 0.296 bits per heavy atom. The second kappa shape index (κ2) is 63.3. The summed E-state index contributed by atoms with van der Waals surface area (Å²) in [4.78, 5) is 34.3. The maximum absolute atomic E-state index is 11.4. The van der Waals surface area contributed by atoms with Crippen LogP contribution in [-0.2, 0) is 19.1 Å². The number of esters is 2. The molecule has 1 rings (SSSR count). The van der Waals surface area contributed by atoms with Gasteiger partial charge in [0.15, 0.2) is 0 Å². The quantitative estimate of drug-likeness (QED) is 0.0441. The maximum atomic E-state index is 11.4. The summed E-state index contributed by atoms with van der Waals surface area (Å²) >= 11 is 0. The number of carbonyl (C=O) groups excluding carboxylic acids is 2. The fraction of sp³-hybridized carbons (Fsp3) is 0.973. The molecule has 1 saturated heterocycles. The lowest BCUT2D eigenvalue weighted by atomic mass is 9.91. The molecule has 0 aliphatic carbocycles. The van der Waals surface area contributed by atoms with Crippen molar-refractivity contribution in [3.8, 4) is 0 Å². The average molecular weight is 1140 g/mol. The summed E-state index contributed by atoms with van der Waals surface area (Å²) in [6, 6.07) is 0. The number of nitrogens with zero attached hydrogens (tertiary/aromatic N) is 4. The minimum Gasteiger partial charge on any atom is -0.469 e. The van der Waals surface area contributed by atoms with Crippen molar-refractivity contribution in [1.82, 2.24) is 19.6 Å². The van der Waals surface area contributed by atoms with Gasteiger partial charge in [-0.1, -0.05) is 310 Å². The van der Waals surface area contributed by atoms with Gasteiger partial charge < -0.3 is 24.2 Å².